The molecule has 1 rings (SSSR count). The van der Waals surface area contributed by atoms with E-state index in [-0.39, 0.29) is 0 Å². The standard InChI is InChI=1S/C7H16O12P2/c1-16-7-6(19-21(13,14)15)4(9)5(3(2-8)17-7)18-20(10,11)12/h3-9,13-15H,2H2,1H3,(H-,10,11,12)/p+1/t3?,4?,5-,6?,7+/m1/s1. The molecule has 7 N–H and O–H groups in total. The third-order valence-corrected chi connectivity index (χ3v) is 3.60. The monoisotopic (exact) mass is 355 g/mol. The molecule has 0 bridgehead atoms. The number of ether oxygens (including phenoxy) is 2. The van der Waals surface area contributed by atoms with Crippen LogP contribution in [-0.2, 0) is 23.1 Å². The van der Waals surface area contributed by atoms with Crippen LogP contribution < -0.4 is 0 Å². The van der Waals surface area contributed by atoms with E-state index >= 15 is 0 Å². The van der Waals surface area contributed by atoms with Gasteiger partial charge in [-0.15, -0.1) is 4.52 Å². The Kier molecular flexibility index (Phi) is 6.60. The molecule has 12 nitrogen and oxygen atoms in total. The minimum absolute atomic E-state index is 0.786. The van der Waals surface area contributed by atoms with Crippen LogP contribution in [0.25, 0.3) is 0 Å². The third kappa shape index (κ3) is 5.73. The number of phosphoric acid groups is 1. The van der Waals surface area contributed by atoms with Gasteiger partial charge in [-0.3, -0.25) is 4.52 Å². The van der Waals surface area contributed by atoms with Gasteiger partial charge >= 0.3 is 16.0 Å². The van der Waals surface area contributed by atoms with Gasteiger partial charge < -0.3 is 29.5 Å². The molecule has 1 saturated heterocycles. The number of hydrogen-bond acceptors (Lipinski definition) is 10. The van der Waals surface area contributed by atoms with Gasteiger partial charge in [0.2, 0.25) is 0 Å². The Morgan fingerprint density at radius 1 is 1.24 bits per heavy atom. The molecule has 21 heavy (non-hydrogen) atoms. The van der Waals surface area contributed by atoms with Crippen LogP contribution in [0, 0.1) is 0 Å². The Bertz CT molecular complexity index is 378. The van der Waals surface area contributed by atoms with Crippen molar-refractivity contribution in [1.29, 1.82) is 0 Å². The first-order valence-electron chi connectivity index (χ1n) is 5.45. The van der Waals surface area contributed by atoms with E-state index in [9.17, 15) is 9.67 Å². The van der Waals surface area contributed by atoms with E-state index < -0.39 is 53.3 Å². The molecule has 0 radical (unpaired) electrons. The predicted octanol–water partition coefficient (Wildman–Crippen LogP) is -2.77. The van der Waals surface area contributed by atoms with E-state index in [2.05, 4.69) is 9.05 Å². The van der Waals surface area contributed by atoms with Crippen LogP contribution in [0.15, 0.2) is 0 Å². The summed E-state index contributed by atoms with van der Waals surface area (Å²) < 4.78 is 29.3. The number of aliphatic hydroxyl groups excluding tert-OH is 2. The number of hydrogen-bond donors (Lipinski definition) is 7. The highest BCUT2D eigenvalue weighted by Crippen LogP contribution is 2.50. The number of aliphatic hydroxyl groups is 2. The average Bonchev–Trinajstić information content (AvgIpc) is 2.31. The quantitative estimate of drug-likeness (QED) is 0.243. The molecule has 1 aliphatic rings. The van der Waals surface area contributed by atoms with E-state index in [1.807, 2.05) is 0 Å². The van der Waals surface area contributed by atoms with Crippen molar-refractivity contribution in [3.63, 3.8) is 0 Å². The highest BCUT2D eigenvalue weighted by atomic mass is 31.2. The van der Waals surface area contributed by atoms with Crippen molar-refractivity contribution in [2.75, 3.05) is 13.7 Å². The van der Waals surface area contributed by atoms with Crippen LogP contribution in [0.3, 0.4) is 0 Å². The molecule has 0 aromatic rings. The first kappa shape index (κ1) is 19.3. The van der Waals surface area contributed by atoms with Crippen molar-refractivity contribution in [3.8, 4) is 0 Å². The Balaban J connectivity index is 2.99. The van der Waals surface area contributed by atoms with Gasteiger partial charge in [-0.1, -0.05) is 0 Å². The van der Waals surface area contributed by atoms with Crippen molar-refractivity contribution in [3.05, 3.63) is 0 Å². The molecular weight excluding hydrogens is 338 g/mol. The van der Waals surface area contributed by atoms with E-state index in [4.69, 9.17) is 39.0 Å². The van der Waals surface area contributed by atoms with Gasteiger partial charge in [-0.05, 0) is 0 Å². The molecule has 14 heteroatoms. The smallest absolute Gasteiger partial charge is 0.394 e. The Morgan fingerprint density at radius 3 is 2.19 bits per heavy atom. The fraction of sp³-hybridized carbons (Fsp3) is 1.00. The Labute approximate surface area is 119 Å². The summed E-state index contributed by atoms with van der Waals surface area (Å²) in [7, 11) is -8.77. The van der Waals surface area contributed by atoms with Crippen molar-refractivity contribution in [2.24, 2.45) is 0 Å². The fourth-order valence-electron chi connectivity index (χ4n) is 1.80. The zero-order valence-corrected chi connectivity index (χ0v) is 12.4. The highest BCUT2D eigenvalue weighted by molar-refractivity contribution is 7.53. The van der Waals surface area contributed by atoms with Gasteiger partial charge in [0.25, 0.3) is 0 Å². The molecule has 5 atom stereocenters. The van der Waals surface area contributed by atoms with Gasteiger partial charge in [0.05, 0.1) is 6.61 Å². The van der Waals surface area contributed by atoms with E-state index in [0.717, 1.165) is 7.11 Å². The Hall–Kier alpha value is 0.220. The number of rotatable bonds is 6. The topological polar surface area (TPSA) is 196 Å². The summed E-state index contributed by atoms with van der Waals surface area (Å²) in [4.78, 5) is 44.2. The van der Waals surface area contributed by atoms with E-state index in [0.29, 0.717) is 0 Å². The maximum atomic E-state index is 10.9. The number of phosphoric ester groups is 1. The van der Waals surface area contributed by atoms with Crippen molar-refractivity contribution in [1.82, 2.24) is 0 Å². The summed E-state index contributed by atoms with van der Waals surface area (Å²) in [6.45, 7) is -0.786. The molecule has 0 aliphatic carbocycles. The SMILES string of the molecule is CO[C@H]1OC(CO)[C@@H](OP(=O)(O)O)C(O)C1O[P+](O)(O)O. The normalized spacial score (nSPS) is 35.0. The summed E-state index contributed by atoms with van der Waals surface area (Å²) in [6, 6.07) is 0. The molecule has 0 saturated carbocycles. The summed E-state index contributed by atoms with van der Waals surface area (Å²) in [6.07, 6.45) is -8.25. The summed E-state index contributed by atoms with van der Waals surface area (Å²) >= 11 is 0. The second-order valence-electron chi connectivity index (χ2n) is 4.10. The van der Waals surface area contributed by atoms with Crippen molar-refractivity contribution < 1.29 is 57.8 Å². The maximum absolute atomic E-state index is 10.9. The summed E-state index contributed by atoms with van der Waals surface area (Å²) in [5.74, 6) is 0. The minimum atomic E-state index is -5.05. The van der Waals surface area contributed by atoms with E-state index in [1.165, 1.54) is 0 Å². The van der Waals surface area contributed by atoms with Gasteiger partial charge in [0.1, 0.15) is 18.3 Å². The largest absolute Gasteiger partial charge is 0.567 e. The average molecular weight is 355 g/mol. The predicted molar refractivity (Wildman–Crippen MR) is 64.1 cm³/mol. The molecule has 1 aliphatic heterocycles. The zero-order valence-electron chi connectivity index (χ0n) is 10.7. The lowest BCUT2D eigenvalue weighted by molar-refractivity contribution is -0.288. The van der Waals surface area contributed by atoms with Crippen molar-refractivity contribution in [2.45, 2.75) is 30.7 Å². The molecule has 0 aromatic carbocycles. The lowest BCUT2D eigenvalue weighted by atomic mass is 9.99. The first-order chi connectivity index (χ1) is 9.48. The van der Waals surface area contributed by atoms with Crippen LogP contribution in [0.5, 0.6) is 0 Å². The molecule has 0 aromatic heterocycles. The third-order valence-electron chi connectivity index (χ3n) is 2.55. The van der Waals surface area contributed by atoms with Gasteiger partial charge in [-0.2, -0.15) is 14.7 Å². The second-order valence-corrected chi connectivity index (χ2v) is 6.53. The molecule has 0 amide bonds. The fourth-order valence-corrected chi connectivity index (χ4v) is 2.92. The van der Waals surface area contributed by atoms with Crippen molar-refractivity contribution >= 4 is 16.0 Å². The first-order valence-corrected chi connectivity index (χ1v) is 8.55. The second kappa shape index (κ2) is 7.20. The lowest BCUT2D eigenvalue weighted by Crippen LogP contribution is -2.60. The lowest BCUT2D eigenvalue weighted by Gasteiger charge is -2.41. The Morgan fingerprint density at radius 2 is 1.81 bits per heavy atom. The minimum Gasteiger partial charge on any atom is -0.394 e. The molecule has 1 fully saturated rings. The van der Waals surface area contributed by atoms with Gasteiger partial charge in [0, 0.05) is 7.11 Å². The summed E-state index contributed by atoms with van der Waals surface area (Å²) in [5, 5.41) is 19.1. The molecule has 0 spiro atoms. The summed E-state index contributed by atoms with van der Waals surface area (Å²) in [5.41, 5.74) is 0. The van der Waals surface area contributed by atoms with Crippen LogP contribution >= 0.6 is 16.0 Å². The van der Waals surface area contributed by atoms with E-state index in [1.54, 1.807) is 0 Å². The molecule has 3 unspecified atom stereocenters. The van der Waals surface area contributed by atoms with Gasteiger partial charge in [-0.25, -0.2) is 4.57 Å². The van der Waals surface area contributed by atoms with Gasteiger partial charge in [0.15, 0.2) is 12.4 Å². The number of methoxy groups -OCH3 is 1. The molecular formula is C7H17O12P2+. The molecule has 126 valence electrons. The zero-order chi connectivity index (χ0) is 16.4. The highest BCUT2D eigenvalue weighted by Gasteiger charge is 2.54. The van der Waals surface area contributed by atoms with Crippen LogP contribution in [0.2, 0.25) is 0 Å². The maximum Gasteiger partial charge on any atom is 0.567 e. The molecule has 1 heterocycles. The van der Waals surface area contributed by atoms with Crippen LogP contribution in [0.4, 0.5) is 0 Å². The van der Waals surface area contributed by atoms with Crippen LogP contribution in [-0.4, -0.2) is 79.1 Å². The van der Waals surface area contributed by atoms with Crippen LogP contribution in [0.1, 0.15) is 0 Å².